The number of carbonyl (C=O) groups excluding carboxylic acids is 1. The van der Waals surface area contributed by atoms with Crippen molar-refractivity contribution in [1.82, 2.24) is 10.2 Å². The van der Waals surface area contributed by atoms with Crippen LogP contribution in [0, 0.1) is 2.88 Å². The van der Waals surface area contributed by atoms with E-state index in [0.717, 1.165) is 34.4 Å². The summed E-state index contributed by atoms with van der Waals surface area (Å²) in [6, 6.07) is 1.92. The maximum Gasteiger partial charge on any atom is 0.252 e. The Morgan fingerprint density at radius 2 is 2.25 bits per heavy atom. The number of nitrogens with zero attached hydrogens (tertiary/aromatic N) is 1. The largest absolute Gasteiger partial charge is 0.352 e. The Balaban J connectivity index is 2.16. The minimum Gasteiger partial charge on any atom is -0.352 e. The number of thiophene rings is 1. The number of carbonyl (C=O) groups is 1. The smallest absolute Gasteiger partial charge is 0.252 e. The molecule has 0 fully saturated rings. The standard InChI is InChI=1S/C11H17IN2OS/c1-14(2)6-4-3-5-13-11(15)9-7-10(12)16-8-9/h7-8H,3-6H2,1-2H3,(H,13,15). The Bertz CT molecular complexity index is 338. The molecule has 1 heterocycles. The third-order valence-electron chi connectivity index (χ3n) is 2.15. The van der Waals surface area contributed by atoms with Gasteiger partial charge in [-0.3, -0.25) is 4.79 Å². The highest BCUT2D eigenvalue weighted by atomic mass is 127. The van der Waals surface area contributed by atoms with Crippen LogP contribution in [0.3, 0.4) is 0 Å². The van der Waals surface area contributed by atoms with Crippen LogP contribution in [0.5, 0.6) is 0 Å². The molecular formula is C11H17IN2OS. The summed E-state index contributed by atoms with van der Waals surface area (Å²) >= 11 is 3.82. The number of hydrogen-bond acceptors (Lipinski definition) is 3. The summed E-state index contributed by atoms with van der Waals surface area (Å²) in [4.78, 5) is 13.8. The van der Waals surface area contributed by atoms with Gasteiger partial charge in [0.05, 0.1) is 8.45 Å². The number of nitrogens with one attached hydrogen (secondary N) is 1. The van der Waals surface area contributed by atoms with Gasteiger partial charge in [-0.05, 0) is 62.1 Å². The molecular weight excluding hydrogens is 335 g/mol. The second-order valence-corrected chi connectivity index (χ2v) is 6.71. The second kappa shape index (κ2) is 7.24. The highest BCUT2D eigenvalue weighted by Gasteiger charge is 2.06. The number of amides is 1. The number of unbranched alkanes of at least 4 members (excludes halogenated alkanes) is 1. The predicted molar refractivity (Wildman–Crippen MR) is 77.2 cm³/mol. The summed E-state index contributed by atoms with van der Waals surface area (Å²) < 4.78 is 1.15. The van der Waals surface area contributed by atoms with E-state index >= 15 is 0 Å². The molecule has 1 N–H and O–H groups in total. The first-order valence-corrected chi connectivity index (χ1v) is 7.22. The molecule has 0 aliphatic rings. The van der Waals surface area contributed by atoms with E-state index in [2.05, 4.69) is 46.9 Å². The maximum atomic E-state index is 11.6. The summed E-state index contributed by atoms with van der Waals surface area (Å²) in [6.07, 6.45) is 2.15. The van der Waals surface area contributed by atoms with Crippen LogP contribution in [0.25, 0.3) is 0 Å². The fourth-order valence-corrected chi connectivity index (χ4v) is 2.61. The first-order valence-electron chi connectivity index (χ1n) is 5.26. The summed E-state index contributed by atoms with van der Waals surface area (Å²) in [5.74, 6) is 0.0454. The van der Waals surface area contributed by atoms with Crippen molar-refractivity contribution in [3.63, 3.8) is 0 Å². The quantitative estimate of drug-likeness (QED) is 0.630. The van der Waals surface area contributed by atoms with E-state index < -0.39 is 0 Å². The molecule has 0 atom stereocenters. The molecule has 0 aliphatic carbocycles. The van der Waals surface area contributed by atoms with Crippen LogP contribution < -0.4 is 5.32 Å². The zero-order valence-corrected chi connectivity index (χ0v) is 12.6. The van der Waals surface area contributed by atoms with Crippen LogP contribution in [0.1, 0.15) is 23.2 Å². The average Bonchev–Trinajstić information content (AvgIpc) is 2.63. The molecule has 0 radical (unpaired) electrons. The fraction of sp³-hybridized carbons (Fsp3) is 0.545. The fourth-order valence-electron chi connectivity index (χ4n) is 1.29. The van der Waals surface area contributed by atoms with Crippen LogP contribution in [0.4, 0.5) is 0 Å². The molecule has 5 heteroatoms. The Hall–Kier alpha value is -0.140. The molecule has 90 valence electrons. The van der Waals surface area contributed by atoms with Gasteiger partial charge in [0.1, 0.15) is 0 Å². The van der Waals surface area contributed by atoms with Gasteiger partial charge >= 0.3 is 0 Å². The Labute approximate surface area is 114 Å². The average molecular weight is 352 g/mol. The maximum absolute atomic E-state index is 11.6. The topological polar surface area (TPSA) is 32.3 Å². The normalized spacial score (nSPS) is 10.8. The summed E-state index contributed by atoms with van der Waals surface area (Å²) in [7, 11) is 4.12. The summed E-state index contributed by atoms with van der Waals surface area (Å²) in [5.41, 5.74) is 0.780. The van der Waals surface area contributed by atoms with Crippen molar-refractivity contribution in [2.75, 3.05) is 27.2 Å². The number of hydrogen-bond donors (Lipinski definition) is 1. The van der Waals surface area contributed by atoms with Gasteiger partial charge in [0.15, 0.2) is 0 Å². The summed E-state index contributed by atoms with van der Waals surface area (Å²) in [5, 5.41) is 4.83. The molecule has 0 aliphatic heterocycles. The SMILES string of the molecule is CN(C)CCCCNC(=O)c1csc(I)c1. The first kappa shape index (κ1) is 13.9. The van der Waals surface area contributed by atoms with Gasteiger partial charge in [-0.2, -0.15) is 0 Å². The third-order valence-corrected chi connectivity index (χ3v) is 3.94. The van der Waals surface area contributed by atoms with Crippen LogP contribution >= 0.6 is 33.9 Å². The second-order valence-electron chi connectivity index (χ2n) is 3.91. The Kier molecular flexibility index (Phi) is 6.30. The Morgan fingerprint density at radius 1 is 1.50 bits per heavy atom. The van der Waals surface area contributed by atoms with Gasteiger partial charge in [0.2, 0.25) is 0 Å². The van der Waals surface area contributed by atoms with E-state index in [1.54, 1.807) is 11.3 Å². The van der Waals surface area contributed by atoms with Crippen molar-refractivity contribution in [1.29, 1.82) is 0 Å². The lowest BCUT2D eigenvalue weighted by molar-refractivity contribution is 0.0953. The van der Waals surface area contributed by atoms with Crippen LogP contribution in [0.15, 0.2) is 11.4 Å². The minimum absolute atomic E-state index is 0.0454. The molecule has 1 rings (SSSR count). The zero-order chi connectivity index (χ0) is 12.0. The molecule has 0 unspecified atom stereocenters. The predicted octanol–water partition coefficient (Wildman–Crippen LogP) is 2.42. The highest BCUT2D eigenvalue weighted by Crippen LogP contribution is 2.16. The minimum atomic E-state index is 0.0454. The summed E-state index contributed by atoms with van der Waals surface area (Å²) in [6.45, 7) is 1.84. The van der Waals surface area contributed by atoms with Crippen molar-refractivity contribution >= 4 is 39.8 Å². The van der Waals surface area contributed by atoms with Crippen LogP contribution in [0.2, 0.25) is 0 Å². The third kappa shape index (κ3) is 5.27. The van der Waals surface area contributed by atoms with Crippen molar-refractivity contribution in [3.05, 3.63) is 19.9 Å². The van der Waals surface area contributed by atoms with E-state index in [4.69, 9.17) is 0 Å². The van der Waals surface area contributed by atoms with Crippen molar-refractivity contribution in [3.8, 4) is 0 Å². The van der Waals surface area contributed by atoms with E-state index in [1.165, 1.54) is 0 Å². The molecule has 1 aromatic rings. The van der Waals surface area contributed by atoms with E-state index in [0.29, 0.717) is 0 Å². The van der Waals surface area contributed by atoms with Crippen molar-refractivity contribution in [2.24, 2.45) is 0 Å². The van der Waals surface area contributed by atoms with Gasteiger partial charge in [-0.15, -0.1) is 11.3 Å². The van der Waals surface area contributed by atoms with Crippen molar-refractivity contribution in [2.45, 2.75) is 12.8 Å². The first-order chi connectivity index (χ1) is 7.59. The number of rotatable bonds is 6. The van der Waals surface area contributed by atoms with Gasteiger partial charge in [0, 0.05) is 11.9 Å². The molecule has 0 saturated carbocycles. The van der Waals surface area contributed by atoms with Gasteiger partial charge in [0.25, 0.3) is 5.91 Å². The lowest BCUT2D eigenvalue weighted by atomic mass is 10.3. The van der Waals surface area contributed by atoms with Crippen LogP contribution in [-0.2, 0) is 0 Å². The molecule has 3 nitrogen and oxygen atoms in total. The van der Waals surface area contributed by atoms with Gasteiger partial charge < -0.3 is 10.2 Å². The molecule has 0 aromatic carbocycles. The van der Waals surface area contributed by atoms with Crippen LogP contribution in [-0.4, -0.2) is 38.0 Å². The highest BCUT2D eigenvalue weighted by molar-refractivity contribution is 14.1. The molecule has 0 spiro atoms. The molecule has 1 amide bonds. The van der Waals surface area contributed by atoms with Gasteiger partial charge in [-0.1, -0.05) is 0 Å². The molecule has 0 bridgehead atoms. The van der Waals surface area contributed by atoms with Crippen molar-refractivity contribution < 1.29 is 4.79 Å². The lowest BCUT2D eigenvalue weighted by Gasteiger charge is -2.09. The van der Waals surface area contributed by atoms with E-state index in [-0.39, 0.29) is 5.91 Å². The number of halogens is 1. The van der Waals surface area contributed by atoms with Gasteiger partial charge in [-0.25, -0.2) is 0 Å². The lowest BCUT2D eigenvalue weighted by Crippen LogP contribution is -2.24. The molecule has 16 heavy (non-hydrogen) atoms. The Morgan fingerprint density at radius 3 is 2.81 bits per heavy atom. The monoisotopic (exact) mass is 352 g/mol. The van der Waals surface area contributed by atoms with E-state index in [9.17, 15) is 4.79 Å². The molecule has 1 aromatic heterocycles. The molecule has 0 saturated heterocycles. The van der Waals surface area contributed by atoms with E-state index in [1.807, 2.05) is 11.4 Å². The zero-order valence-electron chi connectivity index (χ0n) is 9.62.